The zero-order chi connectivity index (χ0) is 8.82. The summed E-state index contributed by atoms with van der Waals surface area (Å²) >= 11 is 1.92. The molecule has 1 nitrogen and oxygen atoms in total. The van der Waals surface area contributed by atoms with Crippen molar-refractivity contribution in [3.05, 3.63) is 0 Å². The highest BCUT2D eigenvalue weighted by Gasteiger charge is 2.74. The van der Waals surface area contributed by atoms with Gasteiger partial charge < -0.3 is 4.74 Å². The fourth-order valence-corrected chi connectivity index (χ4v) is 4.71. The topological polar surface area (TPSA) is 9.23 Å². The Balaban J connectivity index is 2.19. The van der Waals surface area contributed by atoms with Gasteiger partial charge in [-0.15, -0.1) is 11.8 Å². The Morgan fingerprint density at radius 2 is 2.17 bits per heavy atom. The van der Waals surface area contributed by atoms with Crippen LogP contribution in [0.15, 0.2) is 0 Å². The number of thioether (sulfide) groups is 1. The Kier molecular flexibility index (Phi) is 1.96. The Hall–Kier alpha value is 0.310. The third-order valence-corrected chi connectivity index (χ3v) is 5.51. The van der Waals surface area contributed by atoms with Crippen LogP contribution < -0.4 is 0 Å². The van der Waals surface area contributed by atoms with Crippen molar-refractivity contribution < 1.29 is 4.74 Å². The van der Waals surface area contributed by atoms with Gasteiger partial charge in [-0.1, -0.05) is 19.8 Å². The van der Waals surface area contributed by atoms with E-state index in [0.717, 1.165) is 5.92 Å². The second-order valence-electron chi connectivity index (χ2n) is 4.29. The van der Waals surface area contributed by atoms with Gasteiger partial charge in [0.25, 0.3) is 0 Å². The van der Waals surface area contributed by atoms with Crippen molar-refractivity contribution in [3.63, 3.8) is 0 Å². The summed E-state index contributed by atoms with van der Waals surface area (Å²) in [7, 11) is 1.88. The number of ether oxygens (including phenoxy) is 1. The van der Waals surface area contributed by atoms with Gasteiger partial charge in [-0.3, -0.25) is 0 Å². The van der Waals surface area contributed by atoms with Crippen LogP contribution >= 0.6 is 11.8 Å². The molecule has 0 N–H and O–H groups in total. The van der Waals surface area contributed by atoms with Gasteiger partial charge in [-0.25, -0.2) is 0 Å². The number of fused-ring (bicyclic) bond motifs is 1. The molecule has 2 rings (SSSR count). The monoisotopic (exact) mass is 186 g/mol. The van der Waals surface area contributed by atoms with Gasteiger partial charge >= 0.3 is 0 Å². The van der Waals surface area contributed by atoms with Crippen molar-refractivity contribution in [2.45, 2.75) is 37.5 Å². The molecule has 70 valence electrons. The fourth-order valence-electron chi connectivity index (χ4n) is 3.23. The predicted octanol–water partition coefficient (Wildman–Crippen LogP) is 2.90. The molecule has 2 aliphatic carbocycles. The second kappa shape index (κ2) is 2.65. The van der Waals surface area contributed by atoms with E-state index < -0.39 is 0 Å². The van der Waals surface area contributed by atoms with Gasteiger partial charge in [0.15, 0.2) is 0 Å². The molecule has 0 heterocycles. The molecule has 0 amide bonds. The summed E-state index contributed by atoms with van der Waals surface area (Å²) in [6.45, 7) is 2.40. The maximum Gasteiger partial charge on any atom is 0.122 e. The summed E-state index contributed by atoms with van der Waals surface area (Å²) in [4.78, 5) is 0.184. The summed E-state index contributed by atoms with van der Waals surface area (Å²) in [6.07, 6.45) is 7.75. The zero-order valence-electron chi connectivity index (χ0n) is 8.22. The summed E-state index contributed by atoms with van der Waals surface area (Å²) in [6, 6.07) is 0. The lowest BCUT2D eigenvalue weighted by Crippen LogP contribution is -2.15. The fraction of sp³-hybridized carbons (Fsp3) is 1.00. The molecule has 0 aromatic rings. The Morgan fingerprint density at radius 1 is 1.42 bits per heavy atom. The number of methoxy groups -OCH3 is 1. The second-order valence-corrected chi connectivity index (χ2v) is 5.31. The highest BCUT2D eigenvalue weighted by Crippen LogP contribution is 2.74. The Bertz CT molecular complexity index is 188. The summed E-state index contributed by atoms with van der Waals surface area (Å²) < 4.78 is 5.71. The summed E-state index contributed by atoms with van der Waals surface area (Å²) in [5, 5.41) is 0. The molecule has 3 atom stereocenters. The molecule has 0 bridgehead atoms. The SMILES string of the molecule is COC1(SC)C2CCCCC21C. The van der Waals surface area contributed by atoms with Crippen LogP contribution in [0, 0.1) is 11.3 Å². The van der Waals surface area contributed by atoms with Gasteiger partial charge in [-0.05, 0) is 19.1 Å². The average Bonchev–Trinajstić information content (AvgIpc) is 2.65. The molecule has 3 unspecified atom stereocenters. The van der Waals surface area contributed by atoms with E-state index in [9.17, 15) is 0 Å². The van der Waals surface area contributed by atoms with Gasteiger partial charge in [0, 0.05) is 18.4 Å². The van der Waals surface area contributed by atoms with E-state index in [1.54, 1.807) is 0 Å². The van der Waals surface area contributed by atoms with Crippen LogP contribution in [-0.4, -0.2) is 18.3 Å². The molecule has 2 aliphatic rings. The minimum Gasteiger partial charge on any atom is -0.367 e. The maximum atomic E-state index is 5.71. The van der Waals surface area contributed by atoms with Crippen LogP contribution in [0.2, 0.25) is 0 Å². The van der Waals surface area contributed by atoms with Crippen molar-refractivity contribution in [2.75, 3.05) is 13.4 Å². The largest absolute Gasteiger partial charge is 0.367 e. The van der Waals surface area contributed by atoms with Crippen LogP contribution in [-0.2, 0) is 4.74 Å². The first-order valence-electron chi connectivity index (χ1n) is 4.81. The van der Waals surface area contributed by atoms with Crippen LogP contribution in [0.4, 0.5) is 0 Å². The Morgan fingerprint density at radius 3 is 2.58 bits per heavy atom. The Labute approximate surface area is 79.2 Å². The van der Waals surface area contributed by atoms with E-state index >= 15 is 0 Å². The van der Waals surface area contributed by atoms with Crippen LogP contribution in [0.5, 0.6) is 0 Å². The molecule has 2 fully saturated rings. The highest BCUT2D eigenvalue weighted by atomic mass is 32.2. The quantitative estimate of drug-likeness (QED) is 0.613. The standard InChI is InChI=1S/C10H18OS/c1-9-7-5-4-6-8(9)10(9,11-2)12-3/h8H,4-7H2,1-3H3. The molecule has 0 saturated heterocycles. The van der Waals surface area contributed by atoms with E-state index in [0.29, 0.717) is 5.41 Å². The molecule has 0 spiro atoms. The minimum absolute atomic E-state index is 0.184. The third-order valence-electron chi connectivity index (χ3n) is 3.99. The van der Waals surface area contributed by atoms with Crippen LogP contribution in [0.1, 0.15) is 32.6 Å². The molecule has 0 radical (unpaired) electrons. The lowest BCUT2D eigenvalue weighted by atomic mass is 9.90. The molecule has 2 heteroatoms. The lowest BCUT2D eigenvalue weighted by Gasteiger charge is -2.19. The van der Waals surface area contributed by atoms with Crippen LogP contribution in [0.3, 0.4) is 0 Å². The van der Waals surface area contributed by atoms with Crippen molar-refractivity contribution in [1.82, 2.24) is 0 Å². The normalized spacial score (nSPS) is 51.8. The molecular weight excluding hydrogens is 168 g/mol. The first-order valence-corrected chi connectivity index (χ1v) is 6.04. The highest BCUT2D eigenvalue weighted by molar-refractivity contribution is 8.00. The first kappa shape index (κ1) is 8.89. The van der Waals surface area contributed by atoms with E-state index in [-0.39, 0.29) is 4.93 Å². The van der Waals surface area contributed by atoms with Crippen molar-refractivity contribution in [1.29, 1.82) is 0 Å². The first-order chi connectivity index (χ1) is 5.71. The van der Waals surface area contributed by atoms with Gasteiger partial charge in [-0.2, -0.15) is 0 Å². The van der Waals surface area contributed by atoms with Gasteiger partial charge in [0.2, 0.25) is 0 Å². The smallest absolute Gasteiger partial charge is 0.122 e. The van der Waals surface area contributed by atoms with Crippen molar-refractivity contribution in [2.24, 2.45) is 11.3 Å². The minimum atomic E-state index is 0.184. The van der Waals surface area contributed by atoms with Crippen molar-refractivity contribution >= 4 is 11.8 Å². The number of rotatable bonds is 2. The van der Waals surface area contributed by atoms with Gasteiger partial charge in [0.05, 0.1) is 0 Å². The van der Waals surface area contributed by atoms with E-state index in [4.69, 9.17) is 4.74 Å². The third kappa shape index (κ3) is 0.805. The zero-order valence-corrected chi connectivity index (χ0v) is 9.04. The molecule has 0 aromatic carbocycles. The number of hydrogen-bond donors (Lipinski definition) is 0. The van der Waals surface area contributed by atoms with E-state index in [1.807, 2.05) is 18.9 Å². The molecule has 2 saturated carbocycles. The lowest BCUT2D eigenvalue weighted by molar-refractivity contribution is 0.115. The van der Waals surface area contributed by atoms with Crippen LogP contribution in [0.25, 0.3) is 0 Å². The molecule has 12 heavy (non-hydrogen) atoms. The summed E-state index contributed by atoms with van der Waals surface area (Å²) in [5.74, 6) is 0.832. The summed E-state index contributed by atoms with van der Waals surface area (Å²) in [5.41, 5.74) is 0.499. The average molecular weight is 186 g/mol. The number of hydrogen-bond acceptors (Lipinski definition) is 2. The maximum absolute atomic E-state index is 5.71. The molecule has 0 aromatic heterocycles. The predicted molar refractivity (Wildman–Crippen MR) is 53.3 cm³/mol. The van der Waals surface area contributed by atoms with E-state index in [2.05, 4.69) is 13.2 Å². The van der Waals surface area contributed by atoms with E-state index in [1.165, 1.54) is 25.7 Å². The van der Waals surface area contributed by atoms with Gasteiger partial charge in [0.1, 0.15) is 4.93 Å². The molecular formula is C10H18OS. The molecule has 0 aliphatic heterocycles. The van der Waals surface area contributed by atoms with Crippen molar-refractivity contribution in [3.8, 4) is 0 Å².